The van der Waals surface area contributed by atoms with E-state index < -0.39 is 0 Å². The molecule has 0 radical (unpaired) electrons. The number of carbonyl (C=O) groups is 1. The molecular formula is C27H28N2OS2. The van der Waals surface area contributed by atoms with Gasteiger partial charge >= 0.3 is 0 Å². The Kier molecular flexibility index (Phi) is 5.42. The highest BCUT2D eigenvalue weighted by Crippen LogP contribution is 2.47. The molecule has 1 aliphatic rings. The van der Waals surface area contributed by atoms with Crippen LogP contribution < -0.4 is 5.32 Å². The summed E-state index contributed by atoms with van der Waals surface area (Å²) in [4.78, 5) is 19.5. The molecule has 5 heteroatoms. The molecule has 0 spiro atoms. The van der Waals surface area contributed by atoms with Crippen LogP contribution in [0, 0.1) is 5.92 Å². The summed E-state index contributed by atoms with van der Waals surface area (Å²) in [6.07, 6.45) is 3.31. The van der Waals surface area contributed by atoms with Crippen LogP contribution in [0.2, 0.25) is 0 Å². The van der Waals surface area contributed by atoms with Crippen molar-refractivity contribution in [3.05, 3.63) is 70.1 Å². The third-order valence-corrected chi connectivity index (χ3v) is 8.48. The molecule has 0 fully saturated rings. The summed E-state index contributed by atoms with van der Waals surface area (Å²) in [5, 5.41) is 5.19. The molecule has 1 aliphatic carbocycles. The van der Waals surface area contributed by atoms with Gasteiger partial charge in [-0.2, -0.15) is 0 Å². The van der Waals surface area contributed by atoms with E-state index in [9.17, 15) is 4.79 Å². The number of benzene rings is 2. The first-order chi connectivity index (χ1) is 15.3. The van der Waals surface area contributed by atoms with Crippen molar-refractivity contribution in [2.75, 3.05) is 5.32 Å². The first-order valence-corrected chi connectivity index (χ1v) is 12.9. The molecule has 2 aromatic heterocycles. The lowest BCUT2D eigenvalue weighted by Gasteiger charge is -2.19. The second-order valence-corrected chi connectivity index (χ2v) is 12.0. The van der Waals surface area contributed by atoms with Gasteiger partial charge in [-0.3, -0.25) is 4.79 Å². The summed E-state index contributed by atoms with van der Waals surface area (Å²) in [6, 6.07) is 16.2. The number of nitrogens with one attached hydrogen (secondary N) is 1. The van der Waals surface area contributed by atoms with Gasteiger partial charge in [-0.15, -0.1) is 22.7 Å². The van der Waals surface area contributed by atoms with E-state index in [1.165, 1.54) is 27.1 Å². The number of fused-ring (bicyclic) bond motifs is 2. The summed E-state index contributed by atoms with van der Waals surface area (Å²) in [6.45, 7) is 8.87. The number of anilines is 1. The zero-order valence-electron chi connectivity index (χ0n) is 19.0. The van der Waals surface area contributed by atoms with E-state index in [2.05, 4.69) is 63.3 Å². The Bertz CT molecular complexity index is 1260. The first kappa shape index (κ1) is 21.4. The lowest BCUT2D eigenvalue weighted by atomic mass is 9.86. The minimum Gasteiger partial charge on any atom is -0.313 e. The topological polar surface area (TPSA) is 42.0 Å². The van der Waals surface area contributed by atoms with Crippen LogP contribution in [-0.4, -0.2) is 10.9 Å². The van der Waals surface area contributed by atoms with Gasteiger partial charge in [0.15, 0.2) is 0 Å². The first-order valence-electron chi connectivity index (χ1n) is 11.2. The normalized spacial score (nSPS) is 16.2. The molecule has 164 valence electrons. The maximum absolute atomic E-state index is 13.2. The van der Waals surface area contributed by atoms with Gasteiger partial charge in [-0.05, 0) is 66.0 Å². The number of thiophene rings is 1. The summed E-state index contributed by atoms with van der Waals surface area (Å²) in [5.41, 5.74) is 5.52. The molecule has 2 aromatic carbocycles. The minimum atomic E-state index is -0.0561. The van der Waals surface area contributed by atoms with E-state index >= 15 is 0 Å². The Morgan fingerprint density at radius 3 is 2.53 bits per heavy atom. The maximum Gasteiger partial charge on any atom is 0.256 e. The van der Waals surface area contributed by atoms with Gasteiger partial charge in [0.25, 0.3) is 5.91 Å². The van der Waals surface area contributed by atoms with E-state index in [-0.39, 0.29) is 11.3 Å². The number of hydrogen-bond acceptors (Lipinski definition) is 4. The van der Waals surface area contributed by atoms with Gasteiger partial charge < -0.3 is 5.32 Å². The van der Waals surface area contributed by atoms with Crippen molar-refractivity contribution in [1.82, 2.24) is 4.98 Å². The van der Waals surface area contributed by atoms with Crippen LogP contribution in [0.4, 0.5) is 5.00 Å². The highest BCUT2D eigenvalue weighted by Gasteiger charge is 2.27. The fourth-order valence-electron chi connectivity index (χ4n) is 4.34. The van der Waals surface area contributed by atoms with Crippen LogP contribution in [0.1, 0.15) is 60.5 Å². The second-order valence-electron chi connectivity index (χ2n) is 9.82. The molecule has 2 heterocycles. The fourth-order valence-corrected chi connectivity index (χ4v) is 6.86. The molecule has 0 bridgehead atoms. The zero-order valence-corrected chi connectivity index (χ0v) is 20.6. The Morgan fingerprint density at radius 2 is 1.81 bits per heavy atom. The Hall–Kier alpha value is -2.50. The highest BCUT2D eigenvalue weighted by atomic mass is 32.1. The monoisotopic (exact) mass is 460 g/mol. The van der Waals surface area contributed by atoms with Crippen LogP contribution in [-0.2, 0) is 18.3 Å². The smallest absolute Gasteiger partial charge is 0.256 e. The van der Waals surface area contributed by atoms with Gasteiger partial charge in [-0.1, -0.05) is 52.0 Å². The minimum absolute atomic E-state index is 0.0561. The number of thiazole rings is 1. The molecule has 1 N–H and O–H groups in total. The molecular weight excluding hydrogens is 432 g/mol. The zero-order chi connectivity index (χ0) is 22.5. The van der Waals surface area contributed by atoms with E-state index in [1.54, 1.807) is 22.7 Å². The van der Waals surface area contributed by atoms with Crippen LogP contribution >= 0.6 is 22.7 Å². The standard InChI is InChI=1S/C27H28N2OS2/c1-16-9-14-19-22(15-16)32-26(23(19)25-28-20-7-5-6-8-21(20)31-25)29-24(30)17-10-12-18(13-11-17)27(2,3)4/h5-8,10-13,16H,9,14-15H2,1-4H3,(H,29,30). The predicted molar refractivity (Wildman–Crippen MR) is 137 cm³/mol. The van der Waals surface area contributed by atoms with Gasteiger partial charge in [0.05, 0.1) is 10.2 Å². The van der Waals surface area contributed by atoms with Crippen molar-refractivity contribution >= 4 is 43.8 Å². The summed E-state index contributed by atoms with van der Waals surface area (Å²) >= 11 is 3.45. The van der Waals surface area contributed by atoms with Crippen LogP contribution in [0.25, 0.3) is 20.8 Å². The second kappa shape index (κ2) is 8.13. The Balaban J connectivity index is 1.53. The number of carbonyl (C=O) groups excluding carboxylic acids is 1. The maximum atomic E-state index is 13.2. The van der Waals surface area contributed by atoms with Gasteiger partial charge in [-0.25, -0.2) is 4.98 Å². The highest BCUT2D eigenvalue weighted by molar-refractivity contribution is 7.23. The number of nitrogens with zero attached hydrogens (tertiary/aromatic N) is 1. The molecule has 1 amide bonds. The van der Waals surface area contributed by atoms with Gasteiger partial charge in [0.2, 0.25) is 0 Å². The SMILES string of the molecule is CC1CCc2c(sc(NC(=O)c3ccc(C(C)(C)C)cc3)c2-c2nc3ccccc3s2)C1. The predicted octanol–water partition coefficient (Wildman–Crippen LogP) is 7.70. The van der Waals surface area contributed by atoms with Gasteiger partial charge in [0.1, 0.15) is 10.0 Å². The molecule has 1 unspecified atom stereocenters. The van der Waals surface area contributed by atoms with Crippen LogP contribution in [0.5, 0.6) is 0 Å². The number of rotatable bonds is 3. The van der Waals surface area contributed by atoms with E-state index in [0.717, 1.165) is 33.9 Å². The fraction of sp³-hybridized carbons (Fsp3) is 0.333. The Morgan fingerprint density at radius 1 is 1.06 bits per heavy atom. The average Bonchev–Trinajstić information content (AvgIpc) is 3.33. The van der Waals surface area contributed by atoms with Crippen molar-refractivity contribution in [3.63, 3.8) is 0 Å². The largest absolute Gasteiger partial charge is 0.313 e. The van der Waals surface area contributed by atoms with E-state index in [1.807, 2.05) is 18.2 Å². The van der Waals surface area contributed by atoms with Crippen molar-refractivity contribution in [1.29, 1.82) is 0 Å². The molecule has 0 aliphatic heterocycles. The quantitative estimate of drug-likeness (QED) is 0.340. The average molecular weight is 461 g/mol. The van der Waals surface area contributed by atoms with Crippen molar-refractivity contribution in [2.45, 2.75) is 52.4 Å². The van der Waals surface area contributed by atoms with Gasteiger partial charge in [0, 0.05) is 16.0 Å². The number of amides is 1. The summed E-state index contributed by atoms with van der Waals surface area (Å²) in [7, 11) is 0. The van der Waals surface area contributed by atoms with Crippen molar-refractivity contribution < 1.29 is 4.79 Å². The molecule has 32 heavy (non-hydrogen) atoms. The summed E-state index contributed by atoms with van der Waals surface area (Å²) in [5.74, 6) is 0.623. The van der Waals surface area contributed by atoms with E-state index in [4.69, 9.17) is 4.98 Å². The molecule has 5 rings (SSSR count). The molecule has 4 aromatic rings. The molecule has 1 atom stereocenters. The Labute approximate surface area is 197 Å². The number of hydrogen-bond donors (Lipinski definition) is 1. The number of para-hydroxylation sites is 1. The van der Waals surface area contributed by atoms with Crippen LogP contribution in [0.15, 0.2) is 48.5 Å². The molecule has 0 saturated heterocycles. The van der Waals surface area contributed by atoms with Crippen molar-refractivity contribution in [3.8, 4) is 10.6 Å². The third-order valence-electron chi connectivity index (χ3n) is 6.26. The molecule has 3 nitrogen and oxygen atoms in total. The van der Waals surface area contributed by atoms with Crippen LogP contribution in [0.3, 0.4) is 0 Å². The molecule has 0 saturated carbocycles. The summed E-state index contributed by atoms with van der Waals surface area (Å²) < 4.78 is 1.18. The lowest BCUT2D eigenvalue weighted by Crippen LogP contribution is -2.14. The third kappa shape index (κ3) is 4.00. The lowest BCUT2D eigenvalue weighted by molar-refractivity contribution is 0.102. The number of aromatic nitrogens is 1. The van der Waals surface area contributed by atoms with Crippen molar-refractivity contribution in [2.24, 2.45) is 5.92 Å². The van der Waals surface area contributed by atoms with E-state index in [0.29, 0.717) is 11.5 Å².